The van der Waals surface area contributed by atoms with E-state index in [9.17, 15) is 17.6 Å². The van der Waals surface area contributed by atoms with Crippen LogP contribution in [0.5, 0.6) is 0 Å². The second kappa shape index (κ2) is 12.4. The van der Waals surface area contributed by atoms with Gasteiger partial charge in [0, 0.05) is 47.8 Å². The van der Waals surface area contributed by atoms with Crippen molar-refractivity contribution in [3.8, 4) is 0 Å². The fourth-order valence-corrected chi connectivity index (χ4v) is 4.44. The van der Waals surface area contributed by atoms with Crippen molar-refractivity contribution < 1.29 is 17.6 Å². The minimum absolute atomic E-state index is 0.000673. The lowest BCUT2D eigenvalue weighted by atomic mass is 10.0. The highest BCUT2D eigenvalue weighted by atomic mass is 32.2. The molecule has 0 spiro atoms. The fourth-order valence-electron chi connectivity index (χ4n) is 3.54. The normalized spacial score (nSPS) is 11.4. The second-order valence-electron chi connectivity index (χ2n) is 8.82. The molecule has 1 amide bonds. The zero-order chi connectivity index (χ0) is 27.0. The molecule has 2 rings (SSSR count). The highest BCUT2D eigenvalue weighted by Crippen LogP contribution is 2.32. The molecule has 0 fully saturated rings. The Bertz CT molecular complexity index is 1380. The Hall–Kier alpha value is -3.65. The number of carbonyl (C=O) groups excluding carboxylic acids is 1. The number of benzene rings is 1. The third-order valence-corrected chi connectivity index (χ3v) is 6.22. The zero-order valence-corrected chi connectivity index (χ0v) is 22.2. The Morgan fingerprint density at radius 2 is 1.89 bits per heavy atom. The fraction of sp³-hybridized carbons (Fsp3) is 0.250. The minimum Gasteiger partial charge on any atom is -0.348 e. The third-order valence-electron chi connectivity index (χ3n) is 5.11. The molecule has 0 radical (unpaired) electrons. The Balaban J connectivity index is 2.38. The molecule has 0 aliphatic carbocycles. The molecular formula is C28H32FN3O3S. The number of halogens is 1. The molecule has 0 unspecified atom stereocenters. The van der Waals surface area contributed by atoms with Gasteiger partial charge in [-0.1, -0.05) is 30.4 Å². The van der Waals surface area contributed by atoms with E-state index in [1.165, 1.54) is 18.3 Å². The number of sulfone groups is 1. The van der Waals surface area contributed by atoms with Gasteiger partial charge in [-0.3, -0.25) is 14.8 Å². The number of hydrogen-bond donors (Lipinski definition) is 1. The van der Waals surface area contributed by atoms with Gasteiger partial charge in [-0.2, -0.15) is 0 Å². The van der Waals surface area contributed by atoms with E-state index in [4.69, 9.17) is 0 Å². The van der Waals surface area contributed by atoms with Crippen LogP contribution in [0.2, 0.25) is 0 Å². The predicted octanol–water partition coefficient (Wildman–Crippen LogP) is 5.94. The number of rotatable bonds is 10. The lowest BCUT2D eigenvalue weighted by Crippen LogP contribution is -2.26. The largest absolute Gasteiger partial charge is 0.348 e. The van der Waals surface area contributed by atoms with Crippen LogP contribution in [0.3, 0.4) is 0 Å². The number of amides is 1. The van der Waals surface area contributed by atoms with E-state index in [0.29, 0.717) is 45.6 Å². The summed E-state index contributed by atoms with van der Waals surface area (Å²) in [4.78, 5) is 21.1. The van der Waals surface area contributed by atoms with Gasteiger partial charge in [-0.25, -0.2) is 12.8 Å². The Morgan fingerprint density at radius 1 is 1.19 bits per heavy atom. The van der Waals surface area contributed by atoms with Crippen LogP contribution in [0.1, 0.15) is 54.9 Å². The summed E-state index contributed by atoms with van der Waals surface area (Å²) >= 11 is 0. The van der Waals surface area contributed by atoms with Crippen LogP contribution in [0.25, 0.3) is 6.08 Å². The highest BCUT2D eigenvalue weighted by molar-refractivity contribution is 7.90. The van der Waals surface area contributed by atoms with Crippen molar-refractivity contribution in [2.45, 2.75) is 39.0 Å². The molecule has 36 heavy (non-hydrogen) atoms. The van der Waals surface area contributed by atoms with E-state index in [-0.39, 0.29) is 17.3 Å². The van der Waals surface area contributed by atoms with Crippen molar-refractivity contribution in [1.29, 1.82) is 0 Å². The van der Waals surface area contributed by atoms with Crippen molar-refractivity contribution in [1.82, 2.24) is 10.3 Å². The first kappa shape index (κ1) is 28.6. The summed E-state index contributed by atoms with van der Waals surface area (Å²) in [5.41, 5.74) is 4.36. The topological polar surface area (TPSA) is 88.5 Å². The lowest BCUT2D eigenvalue weighted by Gasteiger charge is -2.12. The maximum atomic E-state index is 14.4. The average Bonchev–Trinajstić information content (AvgIpc) is 2.80. The Kier molecular flexibility index (Phi) is 9.81. The van der Waals surface area contributed by atoms with Crippen LogP contribution in [0.15, 0.2) is 81.6 Å². The van der Waals surface area contributed by atoms with Gasteiger partial charge >= 0.3 is 0 Å². The number of aromatic nitrogens is 1. The molecule has 1 aromatic carbocycles. The zero-order valence-electron chi connectivity index (χ0n) is 21.4. The van der Waals surface area contributed by atoms with E-state index >= 15 is 0 Å². The van der Waals surface area contributed by atoms with Crippen molar-refractivity contribution >= 4 is 34.2 Å². The van der Waals surface area contributed by atoms with Crippen LogP contribution in [-0.4, -0.2) is 38.8 Å². The van der Waals surface area contributed by atoms with Crippen LogP contribution in [0, 0.1) is 0 Å². The van der Waals surface area contributed by atoms with Gasteiger partial charge in [-0.05, 0) is 69.8 Å². The van der Waals surface area contributed by atoms with Gasteiger partial charge in [0.15, 0.2) is 9.84 Å². The number of aliphatic imine (C=N–C) groups is 1. The quantitative estimate of drug-likeness (QED) is 0.317. The average molecular weight is 510 g/mol. The molecule has 0 atom stereocenters. The van der Waals surface area contributed by atoms with E-state index in [0.717, 1.165) is 11.8 Å². The first-order chi connectivity index (χ1) is 16.9. The maximum Gasteiger partial charge on any atom is 0.251 e. The van der Waals surface area contributed by atoms with Gasteiger partial charge in [0.25, 0.3) is 5.91 Å². The van der Waals surface area contributed by atoms with Gasteiger partial charge < -0.3 is 5.32 Å². The van der Waals surface area contributed by atoms with E-state index < -0.39 is 15.7 Å². The van der Waals surface area contributed by atoms with Gasteiger partial charge in [-0.15, -0.1) is 0 Å². The third kappa shape index (κ3) is 7.68. The Morgan fingerprint density at radius 3 is 2.44 bits per heavy atom. The van der Waals surface area contributed by atoms with Crippen molar-refractivity contribution in [2.24, 2.45) is 4.99 Å². The first-order valence-corrected chi connectivity index (χ1v) is 13.1. The van der Waals surface area contributed by atoms with Gasteiger partial charge in [0.1, 0.15) is 5.83 Å². The summed E-state index contributed by atoms with van der Waals surface area (Å²) in [6.07, 6.45) is 7.76. The summed E-state index contributed by atoms with van der Waals surface area (Å²) in [6.45, 7) is 14.3. The molecular weight excluding hydrogens is 477 g/mol. The number of pyridine rings is 1. The number of nitrogens with one attached hydrogen (secondary N) is 1. The second-order valence-corrected chi connectivity index (χ2v) is 10.8. The molecule has 0 aliphatic rings. The van der Waals surface area contributed by atoms with Crippen LogP contribution < -0.4 is 5.32 Å². The number of allylic oxidation sites excluding steroid dienone is 4. The van der Waals surface area contributed by atoms with Crippen LogP contribution in [-0.2, 0) is 16.3 Å². The van der Waals surface area contributed by atoms with Crippen molar-refractivity contribution in [3.05, 3.63) is 94.1 Å². The molecule has 0 saturated heterocycles. The molecule has 0 saturated carbocycles. The number of hydrogen-bond acceptors (Lipinski definition) is 5. The summed E-state index contributed by atoms with van der Waals surface area (Å²) in [5.74, 6) is -0.777. The van der Waals surface area contributed by atoms with E-state index in [1.807, 2.05) is 26.0 Å². The molecule has 1 heterocycles. The highest BCUT2D eigenvalue weighted by Gasteiger charge is 2.18. The Labute approximate surface area is 213 Å². The standard InChI is InChI=1S/C28H32FN3O3S/c1-8-9-22(26(29)19(4)5)17-32-28(33)21-10-11-31-24(16-21)14-20-13-23(12-18(2)3)27(30-6)25(15-20)36(7,34)35/h8-13,15-16H,1,6,14,17H2,2-5,7H3,(H,32,33)/b22-9-. The predicted molar refractivity (Wildman–Crippen MR) is 145 cm³/mol. The van der Waals surface area contributed by atoms with Gasteiger partial charge in [0.05, 0.1) is 10.6 Å². The van der Waals surface area contributed by atoms with Gasteiger partial charge in [0.2, 0.25) is 0 Å². The van der Waals surface area contributed by atoms with Crippen LogP contribution in [0.4, 0.5) is 10.1 Å². The molecule has 6 nitrogen and oxygen atoms in total. The van der Waals surface area contributed by atoms with E-state index in [2.05, 4.69) is 28.6 Å². The van der Waals surface area contributed by atoms with Crippen LogP contribution >= 0.6 is 0 Å². The summed E-state index contributed by atoms with van der Waals surface area (Å²) in [5, 5.41) is 2.72. The lowest BCUT2D eigenvalue weighted by molar-refractivity contribution is 0.0956. The summed E-state index contributed by atoms with van der Waals surface area (Å²) in [7, 11) is -3.57. The molecule has 8 heteroatoms. The molecule has 0 aliphatic heterocycles. The smallest absolute Gasteiger partial charge is 0.251 e. The molecule has 190 valence electrons. The SMILES string of the molecule is C=C/C=C(/CNC(=O)c1ccnc(Cc2cc(C=C(C)C)c(N=C)c(S(C)(=O)=O)c2)c1)C(F)=C(C)C. The first-order valence-electron chi connectivity index (χ1n) is 11.2. The number of carbonyl (C=O) groups is 1. The van der Waals surface area contributed by atoms with Crippen molar-refractivity contribution in [2.75, 3.05) is 12.8 Å². The molecule has 0 bridgehead atoms. The minimum atomic E-state index is -3.57. The van der Waals surface area contributed by atoms with Crippen molar-refractivity contribution in [3.63, 3.8) is 0 Å². The maximum absolute atomic E-state index is 14.4. The molecule has 1 aromatic heterocycles. The summed E-state index contributed by atoms with van der Waals surface area (Å²) < 4.78 is 39.3. The summed E-state index contributed by atoms with van der Waals surface area (Å²) in [6, 6.07) is 6.59. The van der Waals surface area contributed by atoms with E-state index in [1.54, 1.807) is 32.0 Å². The molecule has 2 aromatic rings. The monoisotopic (exact) mass is 509 g/mol. The molecule has 1 N–H and O–H groups in total. The number of nitrogens with zero attached hydrogens (tertiary/aromatic N) is 2.